The molecule has 2 heterocycles. The molecule has 0 saturated heterocycles. The van der Waals surface area contributed by atoms with Crippen molar-refractivity contribution in [3.8, 4) is 0 Å². The number of aliphatic imine (C=N–C) groups is 1. The quantitative estimate of drug-likeness (QED) is 0.239. The zero-order chi connectivity index (χ0) is 27.5. The van der Waals surface area contributed by atoms with Crippen LogP contribution in [0.25, 0.3) is 0 Å². The SMILES string of the molecule is C=C(C)/C=N\Nc1ccc(CN(CC2=CCCC(=NCC(=O)OC(C)C)N2)S(=O)(=O)c2cccnc2)cc1. The molecule has 0 unspecified atom stereocenters. The third-order valence-electron chi connectivity index (χ3n) is 5.25. The number of sulfonamides is 1. The lowest BCUT2D eigenvalue weighted by Gasteiger charge is -2.26. The molecule has 0 radical (unpaired) electrons. The molecule has 10 nitrogen and oxygen atoms in total. The van der Waals surface area contributed by atoms with Crippen molar-refractivity contribution >= 4 is 33.7 Å². The Morgan fingerprint density at radius 3 is 2.68 bits per heavy atom. The second kappa shape index (κ2) is 13.6. The first-order valence-electron chi connectivity index (χ1n) is 12.3. The standard InChI is InChI=1S/C27H34N6O4S/c1-20(2)15-30-32-23-12-10-22(11-13-23)18-33(38(35,36)25-8-6-14-28-16-25)19-24-7-5-9-26(31-24)29-17-27(34)37-21(3)4/h6-8,10-16,21,32H,1,5,9,17-19H2,2-4H3,(H,29,31)/b30-15-. The topological polar surface area (TPSA) is 125 Å². The summed E-state index contributed by atoms with van der Waals surface area (Å²) >= 11 is 0. The van der Waals surface area contributed by atoms with Gasteiger partial charge in [0.05, 0.1) is 18.3 Å². The molecule has 1 aromatic heterocycles. The number of nitrogens with zero attached hydrogens (tertiary/aromatic N) is 4. The van der Waals surface area contributed by atoms with Gasteiger partial charge in [-0.25, -0.2) is 8.42 Å². The van der Waals surface area contributed by atoms with Crippen molar-refractivity contribution in [1.29, 1.82) is 0 Å². The number of aromatic nitrogens is 1. The van der Waals surface area contributed by atoms with Crippen molar-refractivity contribution < 1.29 is 17.9 Å². The fourth-order valence-corrected chi connectivity index (χ4v) is 4.91. The van der Waals surface area contributed by atoms with Crippen LogP contribution in [0.15, 0.2) is 87.7 Å². The van der Waals surface area contributed by atoms with Crippen LogP contribution in [0.3, 0.4) is 0 Å². The van der Waals surface area contributed by atoms with Gasteiger partial charge in [-0.3, -0.25) is 20.2 Å². The van der Waals surface area contributed by atoms with E-state index in [1.165, 1.54) is 22.8 Å². The maximum Gasteiger partial charge on any atom is 0.328 e. The van der Waals surface area contributed by atoms with Gasteiger partial charge in [0.2, 0.25) is 10.0 Å². The third kappa shape index (κ3) is 8.93. The normalized spacial score (nSPS) is 15.0. The summed E-state index contributed by atoms with van der Waals surface area (Å²) in [5.74, 6) is 0.210. The van der Waals surface area contributed by atoms with Crippen molar-refractivity contribution in [1.82, 2.24) is 14.6 Å². The van der Waals surface area contributed by atoms with Crippen molar-refractivity contribution in [3.05, 3.63) is 78.3 Å². The van der Waals surface area contributed by atoms with Gasteiger partial charge in [0.1, 0.15) is 17.3 Å². The molecule has 0 saturated carbocycles. The van der Waals surface area contributed by atoms with Gasteiger partial charge in [-0.15, -0.1) is 0 Å². The number of ether oxygens (including phenoxy) is 1. The molecule has 0 amide bonds. The summed E-state index contributed by atoms with van der Waals surface area (Å²) in [5.41, 5.74) is 5.99. The Morgan fingerprint density at radius 2 is 2.03 bits per heavy atom. The highest BCUT2D eigenvalue weighted by molar-refractivity contribution is 7.89. The molecule has 38 heavy (non-hydrogen) atoms. The van der Waals surface area contributed by atoms with Crippen molar-refractivity contribution in [2.75, 3.05) is 18.5 Å². The van der Waals surface area contributed by atoms with Gasteiger partial charge in [-0.1, -0.05) is 24.8 Å². The molecule has 202 valence electrons. The first kappa shape index (κ1) is 28.7. The zero-order valence-electron chi connectivity index (χ0n) is 21.9. The number of esters is 1. The van der Waals surface area contributed by atoms with E-state index in [2.05, 4.69) is 32.4 Å². The first-order chi connectivity index (χ1) is 18.1. The Hall–Kier alpha value is -3.83. The zero-order valence-corrected chi connectivity index (χ0v) is 22.7. The average molecular weight is 539 g/mol. The molecule has 3 rings (SSSR count). The number of pyridine rings is 1. The van der Waals surface area contributed by atoms with E-state index >= 15 is 0 Å². The van der Waals surface area contributed by atoms with Crippen LogP contribution in [0.4, 0.5) is 5.69 Å². The summed E-state index contributed by atoms with van der Waals surface area (Å²) < 4.78 is 33.7. The Bertz CT molecular complexity index is 1300. The number of anilines is 1. The number of carbonyl (C=O) groups excluding carboxylic acids is 1. The minimum atomic E-state index is -3.86. The van der Waals surface area contributed by atoms with Gasteiger partial charge in [0, 0.05) is 37.3 Å². The summed E-state index contributed by atoms with van der Waals surface area (Å²) in [6.07, 6.45) is 7.52. The van der Waals surface area contributed by atoms with Gasteiger partial charge >= 0.3 is 5.97 Å². The van der Waals surface area contributed by atoms with E-state index in [1.807, 2.05) is 37.3 Å². The molecule has 0 bridgehead atoms. The molecule has 1 aliphatic heterocycles. The molecule has 2 aromatic rings. The van der Waals surface area contributed by atoms with Gasteiger partial charge in [0.25, 0.3) is 0 Å². The van der Waals surface area contributed by atoms with Crippen LogP contribution in [0.2, 0.25) is 0 Å². The number of hydrazone groups is 1. The molecule has 1 aliphatic rings. The van der Waals surface area contributed by atoms with Crippen LogP contribution in [0.5, 0.6) is 0 Å². The monoisotopic (exact) mass is 538 g/mol. The second-order valence-electron chi connectivity index (χ2n) is 9.07. The van der Waals surface area contributed by atoms with Gasteiger partial charge in [0.15, 0.2) is 0 Å². The number of allylic oxidation sites excluding steroid dienone is 2. The average Bonchev–Trinajstić information content (AvgIpc) is 2.88. The maximum atomic E-state index is 13.6. The molecular weight excluding hydrogens is 504 g/mol. The Balaban J connectivity index is 1.77. The van der Waals surface area contributed by atoms with E-state index in [-0.39, 0.29) is 30.6 Å². The van der Waals surface area contributed by atoms with Crippen LogP contribution >= 0.6 is 0 Å². The predicted molar refractivity (Wildman–Crippen MR) is 149 cm³/mol. The number of hydrogen-bond donors (Lipinski definition) is 2. The van der Waals surface area contributed by atoms with Crippen LogP contribution in [-0.4, -0.2) is 54.9 Å². The number of amidine groups is 1. The van der Waals surface area contributed by atoms with Crippen molar-refractivity contribution in [2.45, 2.75) is 51.2 Å². The summed E-state index contributed by atoms with van der Waals surface area (Å²) in [7, 11) is -3.86. The van der Waals surface area contributed by atoms with E-state index in [4.69, 9.17) is 4.74 Å². The van der Waals surface area contributed by atoms with Crippen LogP contribution in [0.1, 0.15) is 39.2 Å². The molecule has 0 atom stereocenters. The number of nitrogens with one attached hydrogen (secondary N) is 2. The predicted octanol–water partition coefficient (Wildman–Crippen LogP) is 3.86. The van der Waals surface area contributed by atoms with E-state index in [9.17, 15) is 13.2 Å². The summed E-state index contributed by atoms with van der Waals surface area (Å²) in [6.45, 7) is 9.31. The molecular formula is C27H34N6O4S. The highest BCUT2D eigenvalue weighted by Crippen LogP contribution is 2.21. The maximum absolute atomic E-state index is 13.6. The number of carbonyl (C=O) groups is 1. The van der Waals surface area contributed by atoms with Crippen molar-refractivity contribution in [3.63, 3.8) is 0 Å². The number of hydrogen-bond acceptors (Lipinski definition) is 8. The Labute approximate surface area is 224 Å². The molecule has 0 aliphatic carbocycles. The molecule has 2 N–H and O–H groups in total. The molecule has 1 aromatic carbocycles. The highest BCUT2D eigenvalue weighted by Gasteiger charge is 2.27. The lowest BCUT2D eigenvalue weighted by Crippen LogP contribution is -2.38. The lowest BCUT2D eigenvalue weighted by molar-refractivity contribution is -0.145. The smallest absolute Gasteiger partial charge is 0.328 e. The first-order valence-corrected chi connectivity index (χ1v) is 13.7. The van der Waals surface area contributed by atoms with Gasteiger partial charge in [-0.2, -0.15) is 9.41 Å². The largest absolute Gasteiger partial charge is 0.462 e. The number of benzene rings is 1. The number of rotatable bonds is 12. The van der Waals surface area contributed by atoms with Crippen LogP contribution < -0.4 is 10.7 Å². The van der Waals surface area contributed by atoms with Gasteiger partial charge in [-0.05, 0) is 62.6 Å². The van der Waals surface area contributed by atoms with E-state index in [0.29, 0.717) is 24.4 Å². The second-order valence-corrected chi connectivity index (χ2v) is 11.0. The van der Waals surface area contributed by atoms with Crippen LogP contribution in [-0.2, 0) is 26.1 Å². The van der Waals surface area contributed by atoms with E-state index in [0.717, 1.165) is 16.8 Å². The molecule has 0 fully saturated rings. The summed E-state index contributed by atoms with van der Waals surface area (Å²) in [6, 6.07) is 10.5. The molecule has 0 spiro atoms. The summed E-state index contributed by atoms with van der Waals surface area (Å²) in [4.78, 5) is 20.3. The minimum Gasteiger partial charge on any atom is -0.462 e. The van der Waals surface area contributed by atoms with Gasteiger partial charge < -0.3 is 10.1 Å². The third-order valence-corrected chi connectivity index (χ3v) is 7.03. The fourth-order valence-electron chi connectivity index (χ4n) is 3.53. The van der Waals surface area contributed by atoms with E-state index in [1.54, 1.807) is 26.1 Å². The molecule has 11 heteroatoms. The fraction of sp³-hybridized carbons (Fsp3) is 0.333. The Kier molecular flexibility index (Phi) is 10.3. The van der Waals surface area contributed by atoms with Crippen molar-refractivity contribution in [2.24, 2.45) is 10.1 Å². The minimum absolute atomic E-state index is 0.0929. The van der Waals surface area contributed by atoms with E-state index < -0.39 is 16.0 Å². The van der Waals surface area contributed by atoms with Crippen LogP contribution in [0, 0.1) is 0 Å². The Morgan fingerprint density at radius 1 is 1.26 bits per heavy atom. The lowest BCUT2D eigenvalue weighted by atomic mass is 10.1. The highest BCUT2D eigenvalue weighted by atomic mass is 32.2. The summed E-state index contributed by atoms with van der Waals surface area (Å²) in [5, 5.41) is 7.28.